The van der Waals surface area contributed by atoms with Crippen LogP contribution in [0.1, 0.15) is 25.8 Å². The molecule has 1 atom stereocenters. The minimum atomic E-state index is -0.746. The Hall–Kier alpha value is -0.860. The molecule has 0 heterocycles. The molecule has 0 spiro atoms. The van der Waals surface area contributed by atoms with Crippen molar-refractivity contribution < 1.29 is 5.11 Å². The second kappa shape index (κ2) is 5.29. The van der Waals surface area contributed by atoms with Gasteiger partial charge in [-0.05, 0) is 24.9 Å². The highest BCUT2D eigenvalue weighted by atomic mass is 16.3. The van der Waals surface area contributed by atoms with Crippen LogP contribution in [0.2, 0.25) is 0 Å². The third-order valence-corrected chi connectivity index (χ3v) is 2.53. The van der Waals surface area contributed by atoms with Crippen LogP contribution in [0.5, 0.6) is 0 Å². The molecule has 0 saturated carbocycles. The van der Waals surface area contributed by atoms with Gasteiger partial charge in [0, 0.05) is 6.54 Å². The van der Waals surface area contributed by atoms with E-state index < -0.39 is 5.60 Å². The molecule has 0 saturated heterocycles. The summed E-state index contributed by atoms with van der Waals surface area (Å²) >= 11 is 0. The second-order valence-electron chi connectivity index (χ2n) is 4.53. The maximum absolute atomic E-state index is 10.6. The third-order valence-electron chi connectivity index (χ3n) is 2.53. The van der Waals surface area contributed by atoms with Crippen LogP contribution in [-0.4, -0.2) is 18.7 Å². The quantitative estimate of drug-likeness (QED) is 0.775. The van der Waals surface area contributed by atoms with E-state index in [1.54, 1.807) is 0 Å². The van der Waals surface area contributed by atoms with E-state index in [1.165, 1.54) is 0 Å². The standard InChI is InChI=1S/C13H21NO/c1-11(2)9-13(15,10-14-3)12-7-5-4-6-8-12/h4-8,11,14-15H,9-10H2,1-3H3. The molecular formula is C13H21NO. The Labute approximate surface area is 92.3 Å². The van der Waals surface area contributed by atoms with Crippen molar-refractivity contribution in [3.05, 3.63) is 35.9 Å². The molecule has 1 rings (SSSR count). The summed E-state index contributed by atoms with van der Waals surface area (Å²) < 4.78 is 0. The molecule has 1 unspecified atom stereocenters. The van der Waals surface area contributed by atoms with Gasteiger partial charge in [0.25, 0.3) is 0 Å². The van der Waals surface area contributed by atoms with Gasteiger partial charge in [-0.1, -0.05) is 44.2 Å². The predicted molar refractivity (Wildman–Crippen MR) is 63.7 cm³/mol. The zero-order valence-corrected chi connectivity index (χ0v) is 9.83. The largest absolute Gasteiger partial charge is 0.384 e. The zero-order valence-electron chi connectivity index (χ0n) is 9.83. The van der Waals surface area contributed by atoms with Gasteiger partial charge in [0.05, 0.1) is 0 Å². The van der Waals surface area contributed by atoms with Gasteiger partial charge in [0.2, 0.25) is 0 Å². The maximum atomic E-state index is 10.6. The molecule has 0 aliphatic heterocycles. The van der Waals surface area contributed by atoms with Crippen molar-refractivity contribution in [3.63, 3.8) is 0 Å². The fourth-order valence-corrected chi connectivity index (χ4v) is 2.01. The maximum Gasteiger partial charge on any atom is 0.102 e. The summed E-state index contributed by atoms with van der Waals surface area (Å²) in [5, 5.41) is 13.7. The van der Waals surface area contributed by atoms with Crippen LogP contribution in [0.4, 0.5) is 0 Å². The molecule has 2 nitrogen and oxygen atoms in total. The first kappa shape index (κ1) is 12.2. The van der Waals surface area contributed by atoms with Crippen molar-refractivity contribution in [3.8, 4) is 0 Å². The first-order valence-corrected chi connectivity index (χ1v) is 5.51. The Morgan fingerprint density at radius 3 is 2.33 bits per heavy atom. The molecule has 2 N–H and O–H groups in total. The number of aliphatic hydroxyl groups is 1. The first-order chi connectivity index (χ1) is 7.08. The number of hydrogen-bond donors (Lipinski definition) is 2. The topological polar surface area (TPSA) is 32.3 Å². The lowest BCUT2D eigenvalue weighted by atomic mass is 9.85. The SMILES string of the molecule is CNCC(O)(CC(C)C)c1ccccc1. The van der Waals surface area contributed by atoms with Crippen LogP contribution < -0.4 is 5.32 Å². The van der Waals surface area contributed by atoms with E-state index in [9.17, 15) is 5.11 Å². The van der Waals surface area contributed by atoms with Crippen LogP contribution in [0, 0.1) is 5.92 Å². The number of nitrogens with one attached hydrogen (secondary N) is 1. The first-order valence-electron chi connectivity index (χ1n) is 5.51. The normalized spacial score (nSPS) is 15.3. The molecule has 0 aromatic heterocycles. The molecule has 0 fully saturated rings. The van der Waals surface area contributed by atoms with Crippen LogP contribution in [0.15, 0.2) is 30.3 Å². The average Bonchev–Trinajstić information content (AvgIpc) is 2.18. The van der Waals surface area contributed by atoms with Gasteiger partial charge in [0.15, 0.2) is 0 Å². The molecule has 0 amide bonds. The smallest absolute Gasteiger partial charge is 0.102 e. The van der Waals surface area contributed by atoms with Crippen molar-refractivity contribution in [2.45, 2.75) is 25.9 Å². The molecule has 0 bridgehead atoms. The molecular weight excluding hydrogens is 186 g/mol. The predicted octanol–water partition coefficient (Wildman–Crippen LogP) is 2.14. The third kappa shape index (κ3) is 3.33. The molecule has 1 aromatic carbocycles. The van der Waals surface area contributed by atoms with Gasteiger partial charge in [0.1, 0.15) is 5.60 Å². The van der Waals surface area contributed by atoms with E-state index in [0.29, 0.717) is 12.5 Å². The summed E-state index contributed by atoms with van der Waals surface area (Å²) in [4.78, 5) is 0. The fraction of sp³-hybridized carbons (Fsp3) is 0.538. The molecule has 2 heteroatoms. The number of benzene rings is 1. The van der Waals surface area contributed by atoms with E-state index in [1.807, 2.05) is 37.4 Å². The average molecular weight is 207 g/mol. The van der Waals surface area contributed by atoms with E-state index in [-0.39, 0.29) is 0 Å². The van der Waals surface area contributed by atoms with Gasteiger partial charge in [-0.2, -0.15) is 0 Å². The molecule has 0 aliphatic rings. The molecule has 0 radical (unpaired) electrons. The minimum Gasteiger partial charge on any atom is -0.384 e. The lowest BCUT2D eigenvalue weighted by Crippen LogP contribution is -2.37. The lowest BCUT2D eigenvalue weighted by Gasteiger charge is -2.30. The second-order valence-corrected chi connectivity index (χ2v) is 4.53. The zero-order chi connectivity index (χ0) is 11.3. The number of rotatable bonds is 5. The summed E-state index contributed by atoms with van der Waals surface area (Å²) in [6.07, 6.45) is 0.776. The van der Waals surface area contributed by atoms with Gasteiger partial charge >= 0.3 is 0 Å². The summed E-state index contributed by atoms with van der Waals surface area (Å²) in [6, 6.07) is 9.88. The van der Waals surface area contributed by atoms with Gasteiger partial charge in [-0.15, -0.1) is 0 Å². The van der Waals surface area contributed by atoms with Gasteiger partial charge < -0.3 is 10.4 Å². The van der Waals surface area contributed by atoms with Gasteiger partial charge in [-0.3, -0.25) is 0 Å². The van der Waals surface area contributed by atoms with Crippen LogP contribution in [0.3, 0.4) is 0 Å². The van der Waals surface area contributed by atoms with E-state index in [2.05, 4.69) is 19.2 Å². The summed E-state index contributed by atoms with van der Waals surface area (Å²) in [5.41, 5.74) is 0.248. The van der Waals surface area contributed by atoms with E-state index in [0.717, 1.165) is 12.0 Å². The van der Waals surface area contributed by atoms with Crippen molar-refractivity contribution in [1.82, 2.24) is 5.32 Å². The van der Waals surface area contributed by atoms with Crippen LogP contribution in [0.25, 0.3) is 0 Å². The summed E-state index contributed by atoms with van der Waals surface area (Å²) in [7, 11) is 1.87. The highest BCUT2D eigenvalue weighted by Gasteiger charge is 2.28. The Bertz CT molecular complexity index is 284. The highest BCUT2D eigenvalue weighted by molar-refractivity contribution is 5.22. The van der Waals surface area contributed by atoms with Crippen molar-refractivity contribution in [1.29, 1.82) is 0 Å². The monoisotopic (exact) mass is 207 g/mol. The van der Waals surface area contributed by atoms with Gasteiger partial charge in [-0.25, -0.2) is 0 Å². The van der Waals surface area contributed by atoms with Crippen LogP contribution in [-0.2, 0) is 5.60 Å². The highest BCUT2D eigenvalue weighted by Crippen LogP contribution is 2.27. The van der Waals surface area contributed by atoms with E-state index >= 15 is 0 Å². The van der Waals surface area contributed by atoms with Crippen molar-refractivity contribution >= 4 is 0 Å². The van der Waals surface area contributed by atoms with E-state index in [4.69, 9.17) is 0 Å². The Balaban J connectivity index is 2.90. The fourth-order valence-electron chi connectivity index (χ4n) is 2.01. The minimum absolute atomic E-state index is 0.476. The Morgan fingerprint density at radius 2 is 1.87 bits per heavy atom. The number of hydrogen-bond acceptors (Lipinski definition) is 2. The summed E-state index contributed by atoms with van der Waals surface area (Å²) in [5.74, 6) is 0.476. The Kier molecular flexibility index (Phi) is 4.30. The molecule has 15 heavy (non-hydrogen) atoms. The molecule has 1 aromatic rings. The molecule has 84 valence electrons. The summed E-state index contributed by atoms with van der Waals surface area (Å²) in [6.45, 7) is 4.85. The van der Waals surface area contributed by atoms with Crippen molar-refractivity contribution in [2.24, 2.45) is 5.92 Å². The van der Waals surface area contributed by atoms with Crippen molar-refractivity contribution in [2.75, 3.05) is 13.6 Å². The van der Waals surface area contributed by atoms with Crippen LogP contribution >= 0.6 is 0 Å². The lowest BCUT2D eigenvalue weighted by molar-refractivity contribution is 0.0175. The Morgan fingerprint density at radius 1 is 1.27 bits per heavy atom. The number of likely N-dealkylation sites (N-methyl/N-ethyl adjacent to an activating group) is 1. The molecule has 0 aliphatic carbocycles.